The molecule has 1 fully saturated rings. The van der Waals surface area contributed by atoms with Crippen molar-refractivity contribution in [1.82, 2.24) is 9.80 Å². The second kappa shape index (κ2) is 31.3. The molecule has 10 aromatic rings. The minimum atomic E-state index is -4.88. The number of aryl methyl sites for hydroxylation is 4. The Morgan fingerprint density at radius 3 is 0.857 bits per heavy atom. The quantitative estimate of drug-likeness (QED) is 0.0654. The van der Waals surface area contributed by atoms with E-state index in [2.05, 4.69) is 9.80 Å². The molecule has 1 saturated heterocycles. The average Bonchev–Trinajstić information content (AvgIpc) is 0.739. The zero-order valence-electron chi connectivity index (χ0n) is 64.6. The molecule has 20 nitrogen and oxygen atoms in total. The van der Waals surface area contributed by atoms with Crippen LogP contribution in [0.25, 0.3) is 0 Å². The van der Waals surface area contributed by atoms with Gasteiger partial charge in [-0.3, -0.25) is 9.80 Å². The number of benzene rings is 10. The summed E-state index contributed by atoms with van der Waals surface area (Å²) in [7, 11) is -19.5. The van der Waals surface area contributed by atoms with Gasteiger partial charge in [0, 0.05) is 137 Å². The first-order chi connectivity index (χ1) is 52.9. The minimum Gasteiger partial charge on any atom is -0.507 e. The summed E-state index contributed by atoms with van der Waals surface area (Å²) in [5.74, 6) is -10.1. The van der Waals surface area contributed by atoms with Gasteiger partial charge in [0.1, 0.15) is 42.6 Å². The number of ether oxygens (including phenoxy) is 2. The molecule has 6 unspecified atom stereocenters. The van der Waals surface area contributed by atoms with Gasteiger partial charge in [0.25, 0.3) is 0 Å². The van der Waals surface area contributed by atoms with Crippen LogP contribution in [0.4, 0.5) is 0 Å². The Kier molecular flexibility index (Phi) is 22.4. The number of hydrogen-bond donors (Lipinski definition) is 4. The Morgan fingerprint density at radius 1 is 0.366 bits per heavy atom. The molecule has 0 saturated carbocycles. The highest BCUT2D eigenvalue weighted by Crippen LogP contribution is 2.55. The molecule has 112 heavy (non-hydrogen) atoms. The molecule has 6 atom stereocenters. The molecule has 3 heterocycles. The zero-order chi connectivity index (χ0) is 80.3. The van der Waals surface area contributed by atoms with Gasteiger partial charge in [0.05, 0.1) is 24.3 Å². The summed E-state index contributed by atoms with van der Waals surface area (Å²) in [6.45, 7) is 22.3. The summed E-state index contributed by atoms with van der Waals surface area (Å²) in [5, 5.41) is 55.0. The van der Waals surface area contributed by atoms with Gasteiger partial charge < -0.3 is 46.6 Å². The van der Waals surface area contributed by atoms with Crippen molar-refractivity contribution in [2.45, 2.75) is 170 Å². The van der Waals surface area contributed by atoms with Crippen LogP contribution in [0, 0.1) is 33.1 Å². The lowest BCUT2D eigenvalue weighted by molar-refractivity contribution is -0.306. The number of nitrogens with zero attached hydrogens (tertiary/aromatic N) is 2. The van der Waals surface area contributed by atoms with E-state index in [1.807, 2.05) is 88.4 Å². The Bertz CT molecular complexity index is 5060. The van der Waals surface area contributed by atoms with E-state index in [4.69, 9.17) is 26.2 Å². The molecule has 4 N–H and O–H groups in total. The number of fused-ring (bicyclic) bond motifs is 6. The van der Waals surface area contributed by atoms with E-state index in [1.54, 1.807) is 104 Å². The van der Waals surface area contributed by atoms with Crippen molar-refractivity contribution in [3.8, 4) is 46.0 Å². The first kappa shape index (κ1) is 80.3. The maximum Gasteiger partial charge on any atom is 0.339 e. The predicted octanol–water partition coefficient (Wildman–Crippen LogP) is 17.4. The fourth-order valence-electron chi connectivity index (χ4n) is 15.0. The fraction of sp³-hybridized carbons (Fsp3) is 0.318. The molecule has 3 aliphatic heterocycles. The Hall–Kier alpha value is -9.76. The van der Waals surface area contributed by atoms with E-state index in [0.29, 0.717) is 0 Å². The second-order valence-electron chi connectivity index (χ2n) is 30.9. The summed E-state index contributed by atoms with van der Waals surface area (Å²) >= 11 is 0. The number of aromatic hydroxyl groups is 4. The van der Waals surface area contributed by atoms with Crippen LogP contribution < -0.4 is 16.7 Å². The number of rotatable bonds is 16. The molecule has 10 aromatic carbocycles. The largest absolute Gasteiger partial charge is 0.507 e. The lowest BCUT2D eigenvalue weighted by Gasteiger charge is -2.46. The molecular formula is C88H94N2O18S4. The van der Waals surface area contributed by atoms with E-state index in [1.165, 1.54) is 72.8 Å². The van der Waals surface area contributed by atoms with E-state index >= 15 is 33.7 Å². The van der Waals surface area contributed by atoms with Crippen LogP contribution in [0.5, 0.6) is 46.0 Å². The lowest BCUT2D eigenvalue weighted by Crippen LogP contribution is -2.50. The van der Waals surface area contributed by atoms with Crippen molar-refractivity contribution >= 4 is 40.5 Å². The van der Waals surface area contributed by atoms with E-state index in [0.717, 1.165) is 45.5 Å². The summed E-state index contributed by atoms with van der Waals surface area (Å²) in [6, 6.07) is 50.1. The molecule has 1 spiro atoms. The summed E-state index contributed by atoms with van der Waals surface area (Å²) in [5.41, 5.74) is 4.29. The zero-order valence-corrected chi connectivity index (χ0v) is 67.9. The summed E-state index contributed by atoms with van der Waals surface area (Å²) in [6.07, 6.45) is 0.416. The maximum atomic E-state index is 15.1. The van der Waals surface area contributed by atoms with Crippen LogP contribution in [0.1, 0.15) is 193 Å². The topological polar surface area (TPSA) is 279 Å². The number of phenolic OH excluding ortho intramolecular Hbond substituents is 4. The molecular weight excluding hydrogens is 1500 g/mol. The van der Waals surface area contributed by atoms with Crippen LogP contribution in [0.15, 0.2) is 214 Å². The number of hydrogen-bond acceptors (Lipinski definition) is 20. The Labute approximate surface area is 657 Å². The predicted molar refractivity (Wildman–Crippen MR) is 427 cm³/mol. The lowest BCUT2D eigenvalue weighted by atomic mass is 9.79. The molecule has 10 bridgehead atoms. The van der Waals surface area contributed by atoms with Crippen LogP contribution in [0.2, 0.25) is 0 Å². The average molecular weight is 1600 g/mol. The van der Waals surface area contributed by atoms with Gasteiger partial charge in [0.15, 0.2) is 28.8 Å². The minimum absolute atomic E-state index is 0.0114. The highest BCUT2D eigenvalue weighted by Gasteiger charge is 2.44. The van der Waals surface area contributed by atoms with Crippen LogP contribution in [-0.2, 0) is 63.0 Å². The standard InChI is InChI=1S/C88H94N2O18S4/c1-53-23-31-65(32-24-53)109(95,96)105-79-47-80(106-110(97,98)66-33-25-54(2)26-34-66)70-43-69(79)57(5)73-45-74-59(7)71-44-72(82(108-112(101,102)68-37-29-56(4)30-38-68)48-81(71)107-111(99,100)67-35-27-55(3)28-36-67)60(8)76-46-75(58(70)6)85(93)78(86(76)94)50-90(62(10)64-21-17-14-18-22-64)42-40-88(103-51-87(11,12)52-104-88)39-41-89(49-77(83(73)91)84(74)92)61(9)63-19-15-13-16-20-63/h13-38,43-48,57-62,91-94H,39-42,49-52H2,1-12H3. The second-order valence-corrected chi connectivity index (χ2v) is 37.1. The van der Waals surface area contributed by atoms with Crippen LogP contribution in [-0.4, -0.2) is 96.0 Å². The molecule has 4 aliphatic rings. The first-order valence-corrected chi connectivity index (χ1v) is 43.0. The summed E-state index contributed by atoms with van der Waals surface area (Å²) in [4.78, 5) is 3.04. The van der Waals surface area contributed by atoms with E-state index in [-0.39, 0.29) is 127 Å². The molecule has 0 amide bonds. The maximum absolute atomic E-state index is 15.1. The van der Waals surface area contributed by atoms with E-state index < -0.39 is 133 Å². The third-order valence-corrected chi connectivity index (χ3v) is 27.3. The van der Waals surface area contributed by atoms with Crippen molar-refractivity contribution in [2.24, 2.45) is 5.41 Å². The third kappa shape index (κ3) is 16.5. The van der Waals surface area contributed by atoms with Gasteiger partial charge in [-0.05, 0) is 125 Å². The highest BCUT2D eigenvalue weighted by atomic mass is 32.2. The first-order valence-electron chi connectivity index (χ1n) is 37.3. The molecule has 0 aromatic heterocycles. The third-order valence-electron chi connectivity index (χ3n) is 22.3. The van der Waals surface area contributed by atoms with Crippen LogP contribution in [0.3, 0.4) is 0 Å². The van der Waals surface area contributed by atoms with Crippen molar-refractivity contribution in [3.05, 3.63) is 283 Å². The van der Waals surface area contributed by atoms with E-state index in [9.17, 15) is 20.4 Å². The van der Waals surface area contributed by atoms with Crippen molar-refractivity contribution < 1.29 is 80.3 Å². The van der Waals surface area contributed by atoms with Crippen molar-refractivity contribution in [1.29, 1.82) is 0 Å². The smallest absolute Gasteiger partial charge is 0.339 e. The molecule has 588 valence electrons. The van der Waals surface area contributed by atoms with Gasteiger partial charge in [0.2, 0.25) is 0 Å². The van der Waals surface area contributed by atoms with Gasteiger partial charge in [-0.25, -0.2) is 0 Å². The van der Waals surface area contributed by atoms with Crippen molar-refractivity contribution in [3.63, 3.8) is 0 Å². The van der Waals surface area contributed by atoms with Crippen LogP contribution >= 0.6 is 0 Å². The van der Waals surface area contributed by atoms with Gasteiger partial charge in [-0.2, -0.15) is 33.7 Å². The van der Waals surface area contributed by atoms with Gasteiger partial charge >= 0.3 is 40.5 Å². The molecule has 14 rings (SSSR count). The summed E-state index contributed by atoms with van der Waals surface area (Å²) < 4.78 is 160. The Morgan fingerprint density at radius 2 is 0.607 bits per heavy atom. The SMILES string of the molecule is Cc1ccc(S(=O)(=O)Oc2cc(OS(=O)(=O)c3ccc(C)cc3)c3cc2C(C)c2cc4c(O)c(c2O)CN(C(C)c2ccccc2)CCC2(CCN(C(C)c5ccccc5)Cc5c(O)c(cc(c5O)C(C)c5cc(c(OS(=O)(=O)c6ccc(C)cc6)cc5OS(=O)(=O)c5ccc(C)cc5)C4C)C3C)OCC(C)(C)CO2)cc1. The fourth-order valence-corrected chi connectivity index (χ4v) is 18.8. The normalized spacial score (nSPS) is 19.0. The van der Waals surface area contributed by atoms with Gasteiger partial charge in [-0.15, -0.1) is 0 Å². The molecule has 0 radical (unpaired) electrons. The molecule has 24 heteroatoms. The monoisotopic (exact) mass is 1590 g/mol. The number of phenols is 4. The van der Waals surface area contributed by atoms with Crippen molar-refractivity contribution in [2.75, 3.05) is 26.3 Å². The molecule has 1 aliphatic carbocycles. The van der Waals surface area contributed by atoms with Gasteiger partial charge in [-0.1, -0.05) is 173 Å². The Balaban J connectivity index is 1.19. The highest BCUT2D eigenvalue weighted by molar-refractivity contribution is 7.88.